The number of methoxy groups -OCH3 is 1. The highest BCUT2D eigenvalue weighted by atomic mass is 79.9. The van der Waals surface area contributed by atoms with Crippen LogP contribution in [-0.2, 0) is 0 Å². The fourth-order valence-electron chi connectivity index (χ4n) is 1.21. The molecule has 88 valence electrons. The van der Waals surface area contributed by atoms with Gasteiger partial charge in [-0.3, -0.25) is 4.79 Å². The molecular weight excluding hydrogens is 270 g/mol. The molecule has 1 aromatic rings. The first-order valence-electron chi connectivity index (χ1n) is 4.99. The van der Waals surface area contributed by atoms with Gasteiger partial charge in [-0.25, -0.2) is 0 Å². The van der Waals surface area contributed by atoms with Crippen molar-refractivity contribution in [3.05, 3.63) is 28.2 Å². The summed E-state index contributed by atoms with van der Waals surface area (Å²) in [6.07, 6.45) is 0. The van der Waals surface area contributed by atoms with Crippen molar-refractivity contribution < 1.29 is 9.53 Å². The monoisotopic (exact) mass is 285 g/mol. The lowest BCUT2D eigenvalue weighted by Crippen LogP contribution is -2.40. The van der Waals surface area contributed by atoms with Crippen LogP contribution in [0.2, 0.25) is 0 Å². The van der Waals surface area contributed by atoms with Gasteiger partial charge in [0.05, 0.1) is 12.7 Å². The Morgan fingerprint density at radius 3 is 2.50 bits per heavy atom. The van der Waals surface area contributed by atoms with E-state index < -0.39 is 0 Å². The molecule has 0 atom stereocenters. The average molecular weight is 286 g/mol. The highest BCUT2D eigenvalue weighted by Gasteiger charge is 2.17. The SMILES string of the molecule is COc1ccc(Br)c(C(=O)NC(C)(C)C)c1. The molecule has 4 heteroatoms. The van der Waals surface area contributed by atoms with E-state index in [1.165, 1.54) is 0 Å². The summed E-state index contributed by atoms with van der Waals surface area (Å²) < 4.78 is 5.85. The molecule has 0 aliphatic rings. The van der Waals surface area contributed by atoms with Crippen molar-refractivity contribution in [3.8, 4) is 5.75 Å². The van der Waals surface area contributed by atoms with Gasteiger partial charge < -0.3 is 10.1 Å². The molecule has 1 amide bonds. The second-order valence-electron chi connectivity index (χ2n) is 4.55. The van der Waals surface area contributed by atoms with Gasteiger partial charge in [0.25, 0.3) is 5.91 Å². The largest absolute Gasteiger partial charge is 0.497 e. The van der Waals surface area contributed by atoms with Gasteiger partial charge in [-0.15, -0.1) is 0 Å². The zero-order valence-electron chi connectivity index (χ0n) is 9.93. The molecule has 0 saturated heterocycles. The van der Waals surface area contributed by atoms with E-state index in [2.05, 4.69) is 21.2 Å². The third kappa shape index (κ3) is 3.52. The van der Waals surface area contributed by atoms with Crippen LogP contribution in [0.25, 0.3) is 0 Å². The van der Waals surface area contributed by atoms with Gasteiger partial charge >= 0.3 is 0 Å². The lowest BCUT2D eigenvalue weighted by atomic mass is 10.1. The summed E-state index contributed by atoms with van der Waals surface area (Å²) in [4.78, 5) is 12.0. The molecule has 0 spiro atoms. The van der Waals surface area contributed by atoms with Gasteiger partial charge in [-0.05, 0) is 54.9 Å². The number of halogens is 1. The van der Waals surface area contributed by atoms with Crippen LogP contribution in [0.1, 0.15) is 31.1 Å². The number of amides is 1. The minimum Gasteiger partial charge on any atom is -0.497 e. The lowest BCUT2D eigenvalue weighted by Gasteiger charge is -2.21. The van der Waals surface area contributed by atoms with E-state index in [1.54, 1.807) is 25.3 Å². The van der Waals surface area contributed by atoms with E-state index in [0.29, 0.717) is 11.3 Å². The molecule has 0 fully saturated rings. The van der Waals surface area contributed by atoms with Crippen molar-refractivity contribution in [1.29, 1.82) is 0 Å². The normalized spacial score (nSPS) is 11.1. The number of nitrogens with one attached hydrogen (secondary N) is 1. The number of hydrogen-bond acceptors (Lipinski definition) is 2. The molecule has 0 aromatic heterocycles. The molecule has 0 heterocycles. The Balaban J connectivity index is 2.98. The number of hydrogen-bond donors (Lipinski definition) is 1. The van der Waals surface area contributed by atoms with Crippen molar-refractivity contribution in [2.75, 3.05) is 7.11 Å². The fourth-order valence-corrected chi connectivity index (χ4v) is 1.64. The summed E-state index contributed by atoms with van der Waals surface area (Å²) >= 11 is 3.35. The Morgan fingerprint density at radius 2 is 2.00 bits per heavy atom. The molecule has 0 unspecified atom stereocenters. The average Bonchev–Trinajstić information content (AvgIpc) is 2.15. The van der Waals surface area contributed by atoms with Crippen molar-refractivity contribution in [3.63, 3.8) is 0 Å². The first-order valence-corrected chi connectivity index (χ1v) is 5.79. The Kier molecular flexibility index (Phi) is 3.97. The number of benzene rings is 1. The van der Waals surface area contributed by atoms with Gasteiger partial charge in [-0.2, -0.15) is 0 Å². The minimum absolute atomic E-state index is 0.113. The number of ether oxygens (including phenoxy) is 1. The van der Waals surface area contributed by atoms with E-state index in [0.717, 1.165) is 4.47 Å². The molecule has 1 N–H and O–H groups in total. The Labute approximate surface area is 104 Å². The number of rotatable bonds is 2. The molecule has 16 heavy (non-hydrogen) atoms. The van der Waals surface area contributed by atoms with Gasteiger partial charge in [-0.1, -0.05) is 0 Å². The molecule has 1 rings (SSSR count). The first kappa shape index (κ1) is 13.0. The second kappa shape index (κ2) is 4.87. The predicted octanol–water partition coefficient (Wildman–Crippen LogP) is 2.99. The first-order chi connectivity index (χ1) is 7.33. The molecule has 0 aliphatic carbocycles. The maximum absolute atomic E-state index is 12.0. The summed E-state index contributed by atoms with van der Waals surface area (Å²) in [5.41, 5.74) is 0.328. The maximum atomic E-state index is 12.0. The molecule has 0 aliphatic heterocycles. The summed E-state index contributed by atoms with van der Waals surface area (Å²) in [5.74, 6) is 0.556. The standard InChI is InChI=1S/C12H16BrNO2/c1-12(2,3)14-11(15)9-7-8(16-4)5-6-10(9)13/h5-7H,1-4H3,(H,14,15). The third-order valence-corrected chi connectivity index (χ3v) is 2.60. The van der Waals surface area contributed by atoms with Crippen LogP contribution in [0.15, 0.2) is 22.7 Å². The van der Waals surface area contributed by atoms with Crippen molar-refractivity contribution >= 4 is 21.8 Å². The zero-order chi connectivity index (χ0) is 12.3. The van der Waals surface area contributed by atoms with Gasteiger partial charge in [0.1, 0.15) is 5.75 Å². The fraction of sp³-hybridized carbons (Fsp3) is 0.417. The van der Waals surface area contributed by atoms with Crippen LogP contribution in [0, 0.1) is 0 Å². The smallest absolute Gasteiger partial charge is 0.252 e. The van der Waals surface area contributed by atoms with Crippen molar-refractivity contribution in [1.82, 2.24) is 5.32 Å². The van der Waals surface area contributed by atoms with E-state index in [1.807, 2.05) is 20.8 Å². The minimum atomic E-state index is -0.250. The summed E-state index contributed by atoms with van der Waals surface area (Å²) in [5, 5.41) is 2.90. The Hall–Kier alpha value is -1.03. The van der Waals surface area contributed by atoms with Crippen LogP contribution in [0.3, 0.4) is 0 Å². The van der Waals surface area contributed by atoms with E-state index in [9.17, 15) is 4.79 Å². The predicted molar refractivity (Wildman–Crippen MR) is 67.9 cm³/mol. The van der Waals surface area contributed by atoms with Crippen LogP contribution in [-0.4, -0.2) is 18.6 Å². The number of carbonyl (C=O) groups excluding carboxylic acids is 1. The van der Waals surface area contributed by atoms with E-state index in [4.69, 9.17) is 4.74 Å². The van der Waals surface area contributed by atoms with Gasteiger partial charge in [0.15, 0.2) is 0 Å². The summed E-state index contributed by atoms with van der Waals surface area (Å²) in [6.45, 7) is 5.83. The van der Waals surface area contributed by atoms with E-state index >= 15 is 0 Å². The highest BCUT2D eigenvalue weighted by Crippen LogP contribution is 2.22. The van der Waals surface area contributed by atoms with Gasteiger partial charge in [0, 0.05) is 10.0 Å². The molecule has 0 radical (unpaired) electrons. The zero-order valence-corrected chi connectivity index (χ0v) is 11.5. The van der Waals surface area contributed by atoms with Crippen LogP contribution >= 0.6 is 15.9 Å². The molecule has 3 nitrogen and oxygen atoms in total. The Bertz CT molecular complexity index is 396. The summed E-state index contributed by atoms with van der Waals surface area (Å²) in [6, 6.07) is 5.32. The molecule has 0 saturated carbocycles. The molecule has 1 aromatic carbocycles. The van der Waals surface area contributed by atoms with Crippen LogP contribution in [0.4, 0.5) is 0 Å². The molecular formula is C12H16BrNO2. The Morgan fingerprint density at radius 1 is 1.38 bits per heavy atom. The lowest BCUT2D eigenvalue weighted by molar-refractivity contribution is 0.0918. The maximum Gasteiger partial charge on any atom is 0.252 e. The highest BCUT2D eigenvalue weighted by molar-refractivity contribution is 9.10. The molecule has 0 bridgehead atoms. The number of carbonyl (C=O) groups is 1. The second-order valence-corrected chi connectivity index (χ2v) is 5.40. The van der Waals surface area contributed by atoms with Crippen molar-refractivity contribution in [2.24, 2.45) is 0 Å². The summed E-state index contributed by atoms with van der Waals surface area (Å²) in [7, 11) is 1.58. The van der Waals surface area contributed by atoms with E-state index in [-0.39, 0.29) is 11.4 Å². The van der Waals surface area contributed by atoms with Crippen LogP contribution < -0.4 is 10.1 Å². The quantitative estimate of drug-likeness (QED) is 0.907. The van der Waals surface area contributed by atoms with Crippen molar-refractivity contribution in [2.45, 2.75) is 26.3 Å². The topological polar surface area (TPSA) is 38.3 Å². The van der Waals surface area contributed by atoms with Gasteiger partial charge in [0.2, 0.25) is 0 Å². The van der Waals surface area contributed by atoms with Crippen LogP contribution in [0.5, 0.6) is 5.75 Å². The third-order valence-electron chi connectivity index (χ3n) is 1.91.